The lowest BCUT2D eigenvalue weighted by molar-refractivity contribution is 0.0760. The smallest absolute Gasteiger partial charge is 0.289 e. The SMILES string of the molecule is Cc1c(C(=O)N2CC[C@@H](c3ncc4c(n3)CCN(C)C4)C2)oc2ccccc12. The number of aryl methyl sites for hydroxylation is 1. The quantitative estimate of drug-likeness (QED) is 0.688. The minimum atomic E-state index is -0.0317. The monoisotopic (exact) mass is 376 g/mol. The lowest BCUT2D eigenvalue weighted by atomic mass is 10.1. The number of nitrogens with zero attached hydrogens (tertiary/aromatic N) is 4. The largest absolute Gasteiger partial charge is 0.451 e. The Bertz CT molecular complexity index is 1060. The van der Waals surface area contributed by atoms with Crippen molar-refractivity contribution >= 4 is 16.9 Å². The highest BCUT2D eigenvalue weighted by atomic mass is 16.3. The first-order chi connectivity index (χ1) is 13.6. The summed E-state index contributed by atoms with van der Waals surface area (Å²) < 4.78 is 5.87. The molecule has 1 fully saturated rings. The van der Waals surface area contributed by atoms with Crippen molar-refractivity contribution < 1.29 is 9.21 Å². The Balaban J connectivity index is 1.35. The Morgan fingerprint density at radius 1 is 1.25 bits per heavy atom. The van der Waals surface area contributed by atoms with Crippen LogP contribution in [0.1, 0.15) is 45.5 Å². The molecule has 0 aliphatic carbocycles. The van der Waals surface area contributed by atoms with E-state index in [-0.39, 0.29) is 11.8 Å². The number of likely N-dealkylation sites (N-methyl/N-ethyl adjacent to an activating group) is 1. The molecule has 3 aromatic rings. The molecule has 2 aliphatic heterocycles. The predicted octanol–water partition coefficient (Wildman–Crippen LogP) is 3.15. The van der Waals surface area contributed by atoms with Crippen LogP contribution in [-0.2, 0) is 13.0 Å². The normalized spacial score (nSPS) is 19.9. The molecule has 0 unspecified atom stereocenters. The number of fused-ring (bicyclic) bond motifs is 2. The van der Waals surface area contributed by atoms with Gasteiger partial charge in [-0.3, -0.25) is 4.79 Å². The summed E-state index contributed by atoms with van der Waals surface area (Å²) >= 11 is 0. The third-order valence-electron chi connectivity index (χ3n) is 6.02. The summed E-state index contributed by atoms with van der Waals surface area (Å²) in [6.45, 7) is 5.26. The Morgan fingerprint density at radius 3 is 2.96 bits per heavy atom. The molecule has 0 spiro atoms. The minimum Gasteiger partial charge on any atom is -0.451 e. The number of benzene rings is 1. The van der Waals surface area contributed by atoms with Crippen molar-refractivity contribution in [3.63, 3.8) is 0 Å². The van der Waals surface area contributed by atoms with Gasteiger partial charge in [-0.1, -0.05) is 18.2 Å². The number of furan rings is 1. The number of carbonyl (C=O) groups excluding carboxylic acids is 1. The summed E-state index contributed by atoms with van der Waals surface area (Å²) in [6, 6.07) is 7.80. The van der Waals surface area contributed by atoms with Crippen LogP contribution >= 0.6 is 0 Å². The number of likely N-dealkylation sites (tertiary alicyclic amines) is 1. The zero-order chi connectivity index (χ0) is 19.3. The van der Waals surface area contributed by atoms with Gasteiger partial charge < -0.3 is 14.2 Å². The Hall–Kier alpha value is -2.73. The maximum absolute atomic E-state index is 13.1. The maximum atomic E-state index is 13.1. The van der Waals surface area contributed by atoms with E-state index >= 15 is 0 Å². The number of carbonyl (C=O) groups is 1. The van der Waals surface area contributed by atoms with E-state index in [1.165, 1.54) is 11.3 Å². The van der Waals surface area contributed by atoms with Crippen LogP contribution in [-0.4, -0.2) is 52.4 Å². The molecule has 0 bridgehead atoms. The highest BCUT2D eigenvalue weighted by Gasteiger charge is 2.32. The van der Waals surface area contributed by atoms with Gasteiger partial charge in [0.15, 0.2) is 5.76 Å². The molecule has 0 radical (unpaired) electrons. The molecule has 28 heavy (non-hydrogen) atoms. The molecule has 1 amide bonds. The molecule has 0 N–H and O–H groups in total. The summed E-state index contributed by atoms with van der Waals surface area (Å²) in [4.78, 5) is 26.7. The number of para-hydroxylation sites is 1. The van der Waals surface area contributed by atoms with E-state index in [1.54, 1.807) is 0 Å². The second-order valence-corrected chi connectivity index (χ2v) is 7.98. The van der Waals surface area contributed by atoms with Crippen molar-refractivity contribution in [1.29, 1.82) is 0 Å². The van der Waals surface area contributed by atoms with Gasteiger partial charge in [0.1, 0.15) is 11.4 Å². The van der Waals surface area contributed by atoms with Crippen molar-refractivity contribution in [2.24, 2.45) is 0 Å². The Kier molecular flexibility index (Phi) is 4.16. The highest BCUT2D eigenvalue weighted by Crippen LogP contribution is 2.30. The molecule has 5 rings (SSSR count). The molecule has 2 aliphatic rings. The number of rotatable bonds is 2. The molecule has 6 nitrogen and oxygen atoms in total. The van der Waals surface area contributed by atoms with Gasteiger partial charge in [-0.15, -0.1) is 0 Å². The number of aromatic nitrogens is 2. The standard InChI is InChI=1S/C22H24N4O2/c1-14-17-5-3-4-6-19(17)28-20(14)22(27)26-10-7-15(13-26)21-23-11-16-12-25(2)9-8-18(16)24-21/h3-6,11,15H,7-10,12-13H2,1-2H3/t15-/m1/s1. The van der Waals surface area contributed by atoms with Crippen LogP contribution in [0.15, 0.2) is 34.9 Å². The topological polar surface area (TPSA) is 62.5 Å². The number of hydrogen-bond acceptors (Lipinski definition) is 5. The van der Waals surface area contributed by atoms with Crippen LogP contribution in [0.25, 0.3) is 11.0 Å². The van der Waals surface area contributed by atoms with Crippen LogP contribution in [0.3, 0.4) is 0 Å². The van der Waals surface area contributed by atoms with Gasteiger partial charge in [-0.05, 0) is 26.5 Å². The van der Waals surface area contributed by atoms with Crippen LogP contribution in [0.2, 0.25) is 0 Å². The van der Waals surface area contributed by atoms with Crippen LogP contribution in [0.4, 0.5) is 0 Å². The lowest BCUT2D eigenvalue weighted by Gasteiger charge is -2.24. The van der Waals surface area contributed by atoms with E-state index in [2.05, 4.69) is 16.9 Å². The molecule has 144 valence electrons. The van der Waals surface area contributed by atoms with E-state index in [4.69, 9.17) is 9.40 Å². The summed E-state index contributed by atoms with van der Waals surface area (Å²) in [6.07, 6.45) is 3.83. The summed E-state index contributed by atoms with van der Waals surface area (Å²) in [5.41, 5.74) is 4.07. The Labute approximate surface area is 164 Å². The summed E-state index contributed by atoms with van der Waals surface area (Å²) in [7, 11) is 2.12. The van der Waals surface area contributed by atoms with E-state index in [0.29, 0.717) is 18.8 Å². The van der Waals surface area contributed by atoms with Gasteiger partial charge in [0.2, 0.25) is 0 Å². The van der Waals surface area contributed by atoms with E-state index in [0.717, 1.165) is 48.3 Å². The average Bonchev–Trinajstić information content (AvgIpc) is 3.33. The lowest BCUT2D eigenvalue weighted by Crippen LogP contribution is -2.29. The Morgan fingerprint density at radius 2 is 2.11 bits per heavy atom. The minimum absolute atomic E-state index is 0.0317. The predicted molar refractivity (Wildman–Crippen MR) is 106 cm³/mol. The van der Waals surface area contributed by atoms with Crippen LogP contribution < -0.4 is 0 Å². The molecule has 2 aromatic heterocycles. The molecule has 1 atom stereocenters. The molecule has 1 aromatic carbocycles. The molecule has 0 saturated carbocycles. The number of amides is 1. The van der Waals surface area contributed by atoms with E-state index in [1.807, 2.05) is 42.3 Å². The fourth-order valence-corrected chi connectivity index (χ4v) is 4.35. The van der Waals surface area contributed by atoms with E-state index in [9.17, 15) is 4.79 Å². The van der Waals surface area contributed by atoms with Gasteiger partial charge in [0, 0.05) is 66.9 Å². The van der Waals surface area contributed by atoms with Gasteiger partial charge in [0.25, 0.3) is 5.91 Å². The zero-order valence-electron chi connectivity index (χ0n) is 16.3. The fraction of sp³-hybridized carbons (Fsp3) is 0.409. The third kappa shape index (κ3) is 2.88. The van der Waals surface area contributed by atoms with Gasteiger partial charge in [0.05, 0.1) is 0 Å². The van der Waals surface area contributed by atoms with Crippen LogP contribution in [0.5, 0.6) is 0 Å². The van der Waals surface area contributed by atoms with Crippen molar-refractivity contribution in [2.45, 2.75) is 32.2 Å². The molecular weight excluding hydrogens is 352 g/mol. The average molecular weight is 376 g/mol. The second-order valence-electron chi connectivity index (χ2n) is 7.98. The first kappa shape index (κ1) is 17.4. The second kappa shape index (κ2) is 6.71. The molecular formula is C22H24N4O2. The molecule has 6 heteroatoms. The van der Waals surface area contributed by atoms with Crippen molar-refractivity contribution in [2.75, 3.05) is 26.7 Å². The van der Waals surface area contributed by atoms with E-state index < -0.39 is 0 Å². The third-order valence-corrected chi connectivity index (χ3v) is 6.02. The van der Waals surface area contributed by atoms with Gasteiger partial charge in [-0.2, -0.15) is 0 Å². The summed E-state index contributed by atoms with van der Waals surface area (Å²) in [5, 5.41) is 1.00. The van der Waals surface area contributed by atoms with Crippen LogP contribution in [0, 0.1) is 6.92 Å². The van der Waals surface area contributed by atoms with Crippen molar-refractivity contribution in [3.8, 4) is 0 Å². The fourth-order valence-electron chi connectivity index (χ4n) is 4.35. The molecule has 1 saturated heterocycles. The van der Waals surface area contributed by atoms with Gasteiger partial charge in [-0.25, -0.2) is 9.97 Å². The number of hydrogen-bond donors (Lipinski definition) is 0. The van der Waals surface area contributed by atoms with Crippen molar-refractivity contribution in [3.05, 3.63) is 58.9 Å². The maximum Gasteiger partial charge on any atom is 0.289 e. The highest BCUT2D eigenvalue weighted by molar-refractivity contribution is 5.99. The first-order valence-corrected chi connectivity index (χ1v) is 9.91. The molecule has 4 heterocycles. The summed E-state index contributed by atoms with van der Waals surface area (Å²) in [5.74, 6) is 1.49. The zero-order valence-corrected chi connectivity index (χ0v) is 16.3. The van der Waals surface area contributed by atoms with Crippen molar-refractivity contribution in [1.82, 2.24) is 19.8 Å². The van der Waals surface area contributed by atoms with Gasteiger partial charge >= 0.3 is 0 Å². The first-order valence-electron chi connectivity index (χ1n) is 9.91.